The molecule has 2 aromatic heterocycles. The molecule has 0 aliphatic heterocycles. The van der Waals surface area contributed by atoms with Gasteiger partial charge in [-0.15, -0.1) is 0 Å². The Morgan fingerprint density at radius 1 is 1.45 bits per heavy atom. The molecule has 6 heteroatoms. The summed E-state index contributed by atoms with van der Waals surface area (Å²) in [5.74, 6) is -0.236. The zero-order valence-corrected chi connectivity index (χ0v) is 11.7. The maximum Gasteiger partial charge on any atom is 0.354 e. The van der Waals surface area contributed by atoms with Crippen LogP contribution in [0.3, 0.4) is 0 Å². The molecule has 0 radical (unpaired) electrons. The number of aromatic carboxylic acids is 1. The Hall–Kier alpha value is -2.21. The molecule has 2 aromatic rings. The topological polar surface area (TPSA) is 88.2 Å². The van der Waals surface area contributed by atoms with E-state index in [-0.39, 0.29) is 11.7 Å². The molecule has 1 atom stereocenters. The SMILES string of the molecule is Cc1noc(C)c1C(C)NCc1cccc(C(=O)O)n1. The smallest absolute Gasteiger partial charge is 0.354 e. The lowest BCUT2D eigenvalue weighted by Crippen LogP contribution is -2.20. The minimum absolute atomic E-state index is 0.0503. The molecule has 0 fully saturated rings. The van der Waals surface area contributed by atoms with E-state index in [9.17, 15) is 4.79 Å². The number of carboxylic acids is 1. The summed E-state index contributed by atoms with van der Waals surface area (Å²) >= 11 is 0. The molecule has 2 heterocycles. The molecule has 0 saturated carbocycles. The van der Waals surface area contributed by atoms with Gasteiger partial charge in [0.1, 0.15) is 11.5 Å². The Bertz CT molecular complexity index is 602. The Kier molecular flexibility index (Phi) is 4.14. The molecule has 0 aliphatic carbocycles. The van der Waals surface area contributed by atoms with Gasteiger partial charge in [0, 0.05) is 18.2 Å². The number of carbonyl (C=O) groups is 1. The van der Waals surface area contributed by atoms with Crippen molar-refractivity contribution in [3.8, 4) is 0 Å². The van der Waals surface area contributed by atoms with Gasteiger partial charge in [-0.25, -0.2) is 9.78 Å². The summed E-state index contributed by atoms with van der Waals surface area (Å²) in [7, 11) is 0. The lowest BCUT2D eigenvalue weighted by Gasteiger charge is -2.13. The number of nitrogens with one attached hydrogen (secondary N) is 1. The maximum absolute atomic E-state index is 10.9. The van der Waals surface area contributed by atoms with Crippen molar-refractivity contribution < 1.29 is 14.4 Å². The first kappa shape index (κ1) is 14.2. The van der Waals surface area contributed by atoms with Crippen molar-refractivity contribution in [1.29, 1.82) is 0 Å². The van der Waals surface area contributed by atoms with Gasteiger partial charge >= 0.3 is 5.97 Å². The molecule has 0 bridgehead atoms. The molecule has 2 rings (SSSR count). The second-order valence-corrected chi connectivity index (χ2v) is 4.66. The van der Waals surface area contributed by atoms with Gasteiger partial charge in [0.25, 0.3) is 0 Å². The Balaban J connectivity index is 2.05. The van der Waals surface area contributed by atoms with Crippen molar-refractivity contribution in [1.82, 2.24) is 15.5 Å². The fraction of sp³-hybridized carbons (Fsp3) is 0.357. The Morgan fingerprint density at radius 3 is 2.80 bits per heavy atom. The van der Waals surface area contributed by atoms with Gasteiger partial charge in [-0.05, 0) is 32.9 Å². The van der Waals surface area contributed by atoms with E-state index < -0.39 is 5.97 Å². The minimum atomic E-state index is -1.02. The quantitative estimate of drug-likeness (QED) is 0.870. The third kappa shape index (κ3) is 3.03. The van der Waals surface area contributed by atoms with Crippen LogP contribution in [0.15, 0.2) is 22.7 Å². The highest BCUT2D eigenvalue weighted by atomic mass is 16.5. The first-order valence-electron chi connectivity index (χ1n) is 6.34. The standard InChI is InChI=1S/C14H17N3O3/c1-8(13-9(2)17-20-10(13)3)15-7-11-5-4-6-12(16-11)14(18)19/h4-6,8,15H,7H2,1-3H3,(H,18,19). The fourth-order valence-electron chi connectivity index (χ4n) is 2.17. The van der Waals surface area contributed by atoms with E-state index in [1.165, 1.54) is 6.07 Å². The van der Waals surface area contributed by atoms with Crippen LogP contribution in [-0.4, -0.2) is 21.2 Å². The van der Waals surface area contributed by atoms with Crippen molar-refractivity contribution in [3.05, 3.63) is 46.6 Å². The number of carboxylic acid groups (broad SMARTS) is 1. The molecule has 0 saturated heterocycles. The van der Waals surface area contributed by atoms with Gasteiger partial charge in [0.2, 0.25) is 0 Å². The monoisotopic (exact) mass is 275 g/mol. The molecule has 6 nitrogen and oxygen atoms in total. The van der Waals surface area contributed by atoms with Gasteiger partial charge in [-0.1, -0.05) is 11.2 Å². The van der Waals surface area contributed by atoms with Crippen molar-refractivity contribution in [2.45, 2.75) is 33.4 Å². The molecule has 106 valence electrons. The van der Waals surface area contributed by atoms with Crippen LogP contribution in [0.5, 0.6) is 0 Å². The van der Waals surface area contributed by atoms with Gasteiger partial charge in [0.05, 0.1) is 11.4 Å². The molecular weight excluding hydrogens is 258 g/mol. The largest absolute Gasteiger partial charge is 0.477 e. The predicted octanol–water partition coefficient (Wildman–Crippen LogP) is 2.24. The minimum Gasteiger partial charge on any atom is -0.477 e. The molecule has 1 unspecified atom stereocenters. The van der Waals surface area contributed by atoms with E-state index in [2.05, 4.69) is 15.5 Å². The summed E-state index contributed by atoms with van der Waals surface area (Å²) in [6.07, 6.45) is 0. The first-order valence-corrected chi connectivity index (χ1v) is 6.34. The molecule has 0 spiro atoms. The Morgan fingerprint density at radius 2 is 2.20 bits per heavy atom. The highest BCUT2D eigenvalue weighted by Crippen LogP contribution is 2.21. The fourth-order valence-corrected chi connectivity index (χ4v) is 2.17. The van der Waals surface area contributed by atoms with Crippen LogP contribution >= 0.6 is 0 Å². The van der Waals surface area contributed by atoms with Crippen LogP contribution in [0, 0.1) is 13.8 Å². The lowest BCUT2D eigenvalue weighted by atomic mass is 10.1. The van der Waals surface area contributed by atoms with Crippen molar-refractivity contribution in [2.24, 2.45) is 0 Å². The summed E-state index contributed by atoms with van der Waals surface area (Å²) in [5.41, 5.74) is 2.62. The van der Waals surface area contributed by atoms with Crippen molar-refractivity contribution in [3.63, 3.8) is 0 Å². The summed E-state index contributed by atoms with van der Waals surface area (Å²) in [4.78, 5) is 14.9. The molecule has 0 amide bonds. The number of hydrogen-bond donors (Lipinski definition) is 2. The number of aryl methyl sites for hydroxylation is 2. The maximum atomic E-state index is 10.9. The van der Waals surface area contributed by atoms with Crippen LogP contribution < -0.4 is 5.32 Å². The molecule has 2 N–H and O–H groups in total. The zero-order valence-electron chi connectivity index (χ0n) is 11.7. The van der Waals surface area contributed by atoms with Gasteiger partial charge in [-0.2, -0.15) is 0 Å². The van der Waals surface area contributed by atoms with Crippen LogP contribution in [0.1, 0.15) is 46.2 Å². The van der Waals surface area contributed by atoms with Crippen LogP contribution in [0.4, 0.5) is 0 Å². The first-order chi connectivity index (χ1) is 9.49. The number of nitrogens with zero attached hydrogens (tertiary/aromatic N) is 2. The summed E-state index contributed by atoms with van der Waals surface area (Å²) < 4.78 is 5.14. The van der Waals surface area contributed by atoms with E-state index >= 15 is 0 Å². The van der Waals surface area contributed by atoms with E-state index in [4.69, 9.17) is 9.63 Å². The van der Waals surface area contributed by atoms with Crippen LogP contribution in [0.2, 0.25) is 0 Å². The molecule has 0 aromatic carbocycles. The lowest BCUT2D eigenvalue weighted by molar-refractivity contribution is 0.0690. The molecule has 20 heavy (non-hydrogen) atoms. The number of pyridine rings is 1. The number of hydrogen-bond acceptors (Lipinski definition) is 5. The van der Waals surface area contributed by atoms with E-state index in [1.807, 2.05) is 20.8 Å². The summed E-state index contributed by atoms with van der Waals surface area (Å²) in [5, 5.41) is 16.1. The third-order valence-corrected chi connectivity index (χ3v) is 3.14. The van der Waals surface area contributed by atoms with Gasteiger partial charge in [0.15, 0.2) is 0 Å². The van der Waals surface area contributed by atoms with Crippen LogP contribution in [0.25, 0.3) is 0 Å². The number of rotatable bonds is 5. The second-order valence-electron chi connectivity index (χ2n) is 4.66. The molecule has 0 aliphatic rings. The highest BCUT2D eigenvalue weighted by molar-refractivity contribution is 5.85. The zero-order chi connectivity index (χ0) is 14.7. The average molecular weight is 275 g/mol. The molecular formula is C14H17N3O3. The normalized spacial score (nSPS) is 12.3. The number of aromatic nitrogens is 2. The van der Waals surface area contributed by atoms with E-state index in [0.717, 1.165) is 17.0 Å². The third-order valence-electron chi connectivity index (χ3n) is 3.14. The van der Waals surface area contributed by atoms with Crippen molar-refractivity contribution >= 4 is 5.97 Å². The van der Waals surface area contributed by atoms with E-state index in [1.54, 1.807) is 12.1 Å². The van der Waals surface area contributed by atoms with Gasteiger partial charge in [-0.3, -0.25) is 0 Å². The summed E-state index contributed by atoms with van der Waals surface area (Å²) in [6.45, 7) is 6.25. The van der Waals surface area contributed by atoms with Crippen molar-refractivity contribution in [2.75, 3.05) is 0 Å². The highest BCUT2D eigenvalue weighted by Gasteiger charge is 2.16. The van der Waals surface area contributed by atoms with Crippen LogP contribution in [-0.2, 0) is 6.54 Å². The Labute approximate surface area is 116 Å². The predicted molar refractivity (Wildman–Crippen MR) is 72.4 cm³/mol. The average Bonchev–Trinajstić information content (AvgIpc) is 2.76. The van der Waals surface area contributed by atoms with Gasteiger partial charge < -0.3 is 14.9 Å². The second kappa shape index (κ2) is 5.83. The van der Waals surface area contributed by atoms with E-state index in [0.29, 0.717) is 12.2 Å². The summed E-state index contributed by atoms with van der Waals surface area (Å²) in [6, 6.07) is 5.01.